The van der Waals surface area contributed by atoms with E-state index in [1.807, 2.05) is 13.0 Å². The minimum atomic E-state index is -1.21. The molecule has 1 unspecified atom stereocenters. The third-order valence-electron chi connectivity index (χ3n) is 3.69. The van der Waals surface area contributed by atoms with Gasteiger partial charge >= 0.3 is 41.5 Å². The van der Waals surface area contributed by atoms with E-state index in [-0.39, 0.29) is 75.0 Å². The van der Waals surface area contributed by atoms with Crippen molar-refractivity contribution in [1.29, 1.82) is 0 Å². The first-order valence-electron chi connectivity index (χ1n) is 8.67. The quantitative estimate of drug-likeness (QED) is 0.176. The third-order valence-corrected chi connectivity index (χ3v) is 3.69. The summed E-state index contributed by atoms with van der Waals surface area (Å²) in [6, 6.07) is 0. The zero-order valence-corrected chi connectivity index (χ0v) is 18.2. The van der Waals surface area contributed by atoms with Crippen LogP contribution in [0.25, 0.3) is 0 Å². The molecule has 0 spiro atoms. The number of hydrogen-bond acceptors (Lipinski definition) is 7. The van der Waals surface area contributed by atoms with Crippen LogP contribution in [0, 0.1) is 0 Å². The second-order valence-electron chi connectivity index (χ2n) is 5.96. The summed E-state index contributed by atoms with van der Waals surface area (Å²) in [5.74, 6) is -3.15. The van der Waals surface area contributed by atoms with Gasteiger partial charge in [-0.1, -0.05) is 19.1 Å². The Labute approximate surface area is 181 Å². The summed E-state index contributed by atoms with van der Waals surface area (Å²) in [6.45, 7) is 3.51. The maximum Gasteiger partial charge on any atom is 1.00 e. The van der Waals surface area contributed by atoms with E-state index in [0.717, 1.165) is 6.42 Å². The number of rotatable bonds is 16. The molecule has 0 aromatic heterocycles. The van der Waals surface area contributed by atoms with Crippen LogP contribution in [0.15, 0.2) is 12.2 Å². The van der Waals surface area contributed by atoms with Gasteiger partial charge in [-0.05, 0) is 12.8 Å². The molecule has 0 radical (unpaired) electrons. The van der Waals surface area contributed by atoms with E-state index in [2.05, 4.69) is 0 Å². The largest absolute Gasteiger partial charge is 1.00 e. The fourth-order valence-corrected chi connectivity index (χ4v) is 2.29. The fourth-order valence-electron chi connectivity index (χ4n) is 2.29. The molecule has 10 heteroatoms. The molecule has 0 rings (SSSR count). The van der Waals surface area contributed by atoms with Crippen molar-refractivity contribution >= 4 is 17.9 Å². The van der Waals surface area contributed by atoms with Gasteiger partial charge < -0.3 is 30.1 Å². The average Bonchev–Trinajstić information content (AvgIpc) is 2.56. The van der Waals surface area contributed by atoms with E-state index in [9.17, 15) is 24.6 Å². The van der Waals surface area contributed by atoms with Crippen LogP contribution in [0.3, 0.4) is 0 Å². The predicted molar refractivity (Wildman–Crippen MR) is 92.4 cm³/mol. The van der Waals surface area contributed by atoms with Crippen LogP contribution in [0.2, 0.25) is 0 Å². The Morgan fingerprint density at radius 1 is 0.926 bits per heavy atom. The van der Waals surface area contributed by atoms with Gasteiger partial charge in [-0.25, -0.2) is 0 Å². The number of aliphatic hydroxyl groups is 1. The summed E-state index contributed by atoms with van der Waals surface area (Å²) in [5.41, 5.74) is 0. The molecule has 0 aromatic rings. The topological polar surface area (TPSA) is 141 Å². The molecule has 9 nitrogen and oxygen atoms in total. The number of allylic oxidation sites excluding steroid dienone is 1. The molecule has 0 amide bonds. The van der Waals surface area contributed by atoms with E-state index in [4.69, 9.17) is 10.2 Å². The molecule has 0 saturated carbocycles. The van der Waals surface area contributed by atoms with E-state index in [1.54, 1.807) is 15.9 Å². The molecule has 1 atom stereocenters. The molecule has 27 heavy (non-hydrogen) atoms. The van der Waals surface area contributed by atoms with Gasteiger partial charge in [0.15, 0.2) is 0 Å². The summed E-state index contributed by atoms with van der Waals surface area (Å²) >= 11 is 0. The minimum absolute atomic E-state index is 0. The normalized spacial score (nSPS) is 12.3. The Balaban J connectivity index is 0. The van der Waals surface area contributed by atoms with Crippen molar-refractivity contribution < 1.29 is 64.4 Å². The maximum absolute atomic E-state index is 10.8. The Hall–Kier alpha value is -0.970. The second kappa shape index (κ2) is 17.2. The molecule has 0 aliphatic rings. The smallest absolute Gasteiger partial charge is 0.550 e. The summed E-state index contributed by atoms with van der Waals surface area (Å²) in [7, 11) is 0. The van der Waals surface area contributed by atoms with Crippen molar-refractivity contribution in [1.82, 2.24) is 9.80 Å². The van der Waals surface area contributed by atoms with Crippen LogP contribution in [-0.4, -0.2) is 88.4 Å². The van der Waals surface area contributed by atoms with E-state index in [0.29, 0.717) is 13.1 Å². The van der Waals surface area contributed by atoms with Crippen molar-refractivity contribution in [2.75, 3.05) is 39.3 Å². The van der Waals surface area contributed by atoms with E-state index in [1.165, 1.54) is 0 Å². The molecule has 3 N–H and O–H groups in total. The number of hydrogen-bond donors (Lipinski definition) is 3. The molecule has 0 aromatic carbocycles. The van der Waals surface area contributed by atoms with Crippen LogP contribution >= 0.6 is 0 Å². The molecule has 0 heterocycles. The number of carboxylic acids is 3. The van der Waals surface area contributed by atoms with Gasteiger partial charge in [-0.2, -0.15) is 0 Å². The molecule has 0 aliphatic carbocycles. The molecule has 0 fully saturated rings. The van der Waals surface area contributed by atoms with Gasteiger partial charge in [-0.15, -0.1) is 0 Å². The number of carboxylic acid groups (broad SMARTS) is 3. The zero-order valence-electron chi connectivity index (χ0n) is 16.2. The van der Waals surface area contributed by atoms with Crippen molar-refractivity contribution in [2.45, 2.75) is 38.7 Å². The Bertz CT molecular complexity index is 456. The summed E-state index contributed by atoms with van der Waals surface area (Å²) in [5, 5.41) is 38.3. The monoisotopic (exact) mass is 396 g/mol. The molecule has 0 bridgehead atoms. The van der Waals surface area contributed by atoms with Gasteiger partial charge in [0.2, 0.25) is 0 Å². The Morgan fingerprint density at radius 2 is 1.41 bits per heavy atom. The number of carbonyl (C=O) groups excluding carboxylic acids is 1. The van der Waals surface area contributed by atoms with E-state index < -0.39 is 24.0 Å². The Kier molecular flexibility index (Phi) is 17.9. The average molecular weight is 396 g/mol. The number of nitrogens with zero attached hydrogens (tertiary/aromatic N) is 2. The first kappa shape index (κ1) is 28.2. The van der Waals surface area contributed by atoms with Crippen molar-refractivity contribution in [3.63, 3.8) is 0 Å². The minimum Gasteiger partial charge on any atom is -0.550 e. The van der Waals surface area contributed by atoms with Crippen molar-refractivity contribution in [2.24, 2.45) is 0 Å². The van der Waals surface area contributed by atoms with E-state index >= 15 is 0 Å². The van der Waals surface area contributed by atoms with Gasteiger partial charge in [0.1, 0.15) is 0 Å². The van der Waals surface area contributed by atoms with Crippen LogP contribution in [0.5, 0.6) is 0 Å². The van der Waals surface area contributed by atoms with Crippen LogP contribution < -0.4 is 34.7 Å². The number of carbonyl (C=O) groups is 3. The maximum atomic E-state index is 10.8. The SMILES string of the molecule is CC/C=C/C(O)CN(CCC(=O)O)CCN(CCC(=O)[O-])CCC(=O)O.[Na+]. The second-order valence-corrected chi connectivity index (χ2v) is 5.96. The molecular weight excluding hydrogens is 367 g/mol. The fraction of sp³-hybridized carbons (Fsp3) is 0.706. The predicted octanol–water partition coefficient (Wildman–Crippen LogP) is -3.99. The van der Waals surface area contributed by atoms with Gasteiger partial charge in [-0.3, -0.25) is 14.5 Å². The van der Waals surface area contributed by atoms with Crippen LogP contribution in [0.1, 0.15) is 32.6 Å². The summed E-state index contributed by atoms with van der Waals surface area (Å²) in [4.78, 5) is 35.6. The Morgan fingerprint density at radius 3 is 1.89 bits per heavy atom. The molecule has 150 valence electrons. The third kappa shape index (κ3) is 18.2. The van der Waals surface area contributed by atoms with Crippen molar-refractivity contribution in [3.05, 3.63) is 12.2 Å². The van der Waals surface area contributed by atoms with Crippen LogP contribution in [-0.2, 0) is 14.4 Å². The molecule has 0 aliphatic heterocycles. The van der Waals surface area contributed by atoms with Gasteiger partial charge in [0, 0.05) is 45.2 Å². The van der Waals surface area contributed by atoms with Crippen molar-refractivity contribution in [3.8, 4) is 0 Å². The standard InChI is InChI=1S/C17H30N2O7.Na/c1-2-3-4-14(20)13-19(10-7-17(25)26)12-11-18(8-5-15(21)22)9-6-16(23)24;/h3-4,14,20H,2,5-13H2,1H3,(H,21,22)(H,23,24)(H,25,26);/q;+1/p-1/b4-3+;. The first-order chi connectivity index (χ1) is 12.2. The molecular formula is C17H29N2NaO7. The van der Waals surface area contributed by atoms with Gasteiger partial charge in [0.05, 0.1) is 18.9 Å². The summed E-state index contributed by atoms with van der Waals surface area (Å²) < 4.78 is 0. The summed E-state index contributed by atoms with van der Waals surface area (Å²) in [6.07, 6.45) is 3.09. The number of aliphatic carboxylic acids is 3. The number of aliphatic hydroxyl groups excluding tert-OH is 1. The first-order valence-corrected chi connectivity index (χ1v) is 8.67. The molecule has 0 saturated heterocycles. The van der Waals surface area contributed by atoms with Gasteiger partial charge in [0.25, 0.3) is 0 Å². The van der Waals surface area contributed by atoms with Crippen LogP contribution in [0.4, 0.5) is 0 Å². The zero-order chi connectivity index (χ0) is 19.9.